The van der Waals surface area contributed by atoms with Crippen molar-refractivity contribution in [2.45, 2.75) is 24.8 Å². The number of hydrogen-bond acceptors (Lipinski definition) is 4. The maximum absolute atomic E-state index is 11.9. The lowest BCUT2D eigenvalue weighted by atomic mass is 9.77. The molecule has 96 valence electrons. The van der Waals surface area contributed by atoms with E-state index in [1.165, 1.54) is 18.2 Å². The van der Waals surface area contributed by atoms with Crippen molar-refractivity contribution in [3.05, 3.63) is 32.8 Å². The van der Waals surface area contributed by atoms with Crippen LogP contribution in [0.3, 0.4) is 0 Å². The predicted octanol–water partition coefficient (Wildman–Crippen LogP) is 2.18. The van der Waals surface area contributed by atoms with Crippen LogP contribution < -0.4 is 11.1 Å². The van der Waals surface area contributed by atoms with Gasteiger partial charge in [-0.25, -0.2) is 0 Å². The lowest BCUT2D eigenvalue weighted by molar-refractivity contribution is -0.384. The highest BCUT2D eigenvalue weighted by molar-refractivity contribution is 9.10. The number of nitrogens with one attached hydrogen (secondary N) is 1. The minimum atomic E-state index is -0.829. The Morgan fingerprint density at radius 2 is 2.17 bits per heavy atom. The zero-order valence-corrected chi connectivity index (χ0v) is 11.1. The molecule has 0 radical (unpaired) electrons. The SMILES string of the molecule is NC1(C(=O)Nc2cc([N+](=O)[O-])ccc2Br)CCC1. The second-order valence-corrected chi connectivity index (χ2v) is 5.24. The van der Waals surface area contributed by atoms with Gasteiger partial charge in [-0.3, -0.25) is 14.9 Å². The number of benzene rings is 1. The van der Waals surface area contributed by atoms with E-state index < -0.39 is 10.5 Å². The number of anilines is 1. The van der Waals surface area contributed by atoms with E-state index in [2.05, 4.69) is 21.2 Å². The predicted molar refractivity (Wildman–Crippen MR) is 70.2 cm³/mol. The van der Waals surface area contributed by atoms with Crippen LogP contribution in [0.1, 0.15) is 19.3 Å². The van der Waals surface area contributed by atoms with Crippen LogP contribution in [-0.4, -0.2) is 16.4 Å². The zero-order valence-electron chi connectivity index (χ0n) is 9.48. The van der Waals surface area contributed by atoms with Gasteiger partial charge in [0.15, 0.2) is 0 Å². The van der Waals surface area contributed by atoms with E-state index in [0.717, 1.165) is 6.42 Å². The van der Waals surface area contributed by atoms with Gasteiger partial charge in [-0.2, -0.15) is 0 Å². The van der Waals surface area contributed by atoms with Crippen molar-refractivity contribution in [3.8, 4) is 0 Å². The van der Waals surface area contributed by atoms with Crippen molar-refractivity contribution in [1.82, 2.24) is 0 Å². The van der Waals surface area contributed by atoms with E-state index in [1.54, 1.807) is 0 Å². The summed E-state index contributed by atoms with van der Waals surface area (Å²) >= 11 is 3.24. The summed E-state index contributed by atoms with van der Waals surface area (Å²) < 4.78 is 0.587. The molecule has 0 unspecified atom stereocenters. The average molecular weight is 314 g/mol. The largest absolute Gasteiger partial charge is 0.323 e. The molecule has 1 aromatic rings. The fourth-order valence-corrected chi connectivity index (χ4v) is 2.10. The smallest absolute Gasteiger partial charge is 0.271 e. The average Bonchev–Trinajstić information content (AvgIpc) is 2.28. The maximum Gasteiger partial charge on any atom is 0.271 e. The lowest BCUT2D eigenvalue weighted by Crippen LogP contribution is -2.56. The monoisotopic (exact) mass is 313 g/mol. The third-order valence-corrected chi connectivity index (χ3v) is 3.80. The molecule has 1 fully saturated rings. The highest BCUT2D eigenvalue weighted by atomic mass is 79.9. The number of amides is 1. The third kappa shape index (κ3) is 2.37. The Kier molecular flexibility index (Phi) is 3.36. The molecule has 0 spiro atoms. The van der Waals surface area contributed by atoms with E-state index in [4.69, 9.17) is 5.73 Å². The van der Waals surface area contributed by atoms with Gasteiger partial charge in [0, 0.05) is 16.6 Å². The number of nitro benzene ring substituents is 1. The van der Waals surface area contributed by atoms with E-state index in [1.807, 2.05) is 0 Å². The van der Waals surface area contributed by atoms with Gasteiger partial charge < -0.3 is 11.1 Å². The molecule has 0 aliphatic heterocycles. The lowest BCUT2D eigenvalue weighted by Gasteiger charge is -2.36. The summed E-state index contributed by atoms with van der Waals surface area (Å²) in [6.07, 6.45) is 2.22. The number of halogens is 1. The van der Waals surface area contributed by atoms with Crippen LogP contribution in [0.2, 0.25) is 0 Å². The van der Waals surface area contributed by atoms with Gasteiger partial charge in [-0.15, -0.1) is 0 Å². The Hall–Kier alpha value is -1.47. The molecule has 1 saturated carbocycles. The van der Waals surface area contributed by atoms with Crippen LogP contribution in [0.4, 0.5) is 11.4 Å². The van der Waals surface area contributed by atoms with E-state index in [-0.39, 0.29) is 11.6 Å². The molecular weight excluding hydrogens is 302 g/mol. The second-order valence-electron chi connectivity index (χ2n) is 4.39. The topological polar surface area (TPSA) is 98.3 Å². The highest BCUT2D eigenvalue weighted by Gasteiger charge is 2.40. The van der Waals surface area contributed by atoms with Crippen LogP contribution in [0, 0.1) is 10.1 Å². The van der Waals surface area contributed by atoms with Crippen LogP contribution in [0.15, 0.2) is 22.7 Å². The molecule has 18 heavy (non-hydrogen) atoms. The van der Waals surface area contributed by atoms with Crippen LogP contribution in [0.5, 0.6) is 0 Å². The standard InChI is InChI=1S/C11H12BrN3O3/c12-8-3-2-7(15(17)18)6-9(8)14-10(16)11(13)4-1-5-11/h2-3,6H,1,4-5,13H2,(H,14,16). The Morgan fingerprint density at radius 3 is 2.67 bits per heavy atom. The van der Waals surface area contributed by atoms with E-state index in [9.17, 15) is 14.9 Å². The summed E-state index contributed by atoms with van der Waals surface area (Å²) in [6, 6.07) is 4.20. The Balaban J connectivity index is 2.20. The Morgan fingerprint density at radius 1 is 1.50 bits per heavy atom. The molecule has 0 bridgehead atoms. The summed E-state index contributed by atoms with van der Waals surface area (Å²) in [4.78, 5) is 22.1. The fraction of sp³-hybridized carbons (Fsp3) is 0.364. The zero-order chi connectivity index (χ0) is 13.3. The molecule has 7 heteroatoms. The van der Waals surface area contributed by atoms with E-state index >= 15 is 0 Å². The van der Waals surface area contributed by atoms with Gasteiger partial charge in [0.25, 0.3) is 5.69 Å². The first-order valence-corrected chi connectivity index (χ1v) is 6.26. The summed E-state index contributed by atoms with van der Waals surface area (Å²) in [5.41, 5.74) is 5.34. The van der Waals surface area contributed by atoms with Crippen molar-refractivity contribution >= 4 is 33.2 Å². The van der Waals surface area contributed by atoms with Crippen molar-refractivity contribution in [3.63, 3.8) is 0 Å². The molecular formula is C11H12BrN3O3. The number of carbonyl (C=O) groups excluding carboxylic acids is 1. The highest BCUT2D eigenvalue weighted by Crippen LogP contribution is 2.32. The van der Waals surface area contributed by atoms with Gasteiger partial charge in [-0.05, 0) is 41.3 Å². The number of nitrogens with two attached hydrogens (primary N) is 1. The molecule has 1 amide bonds. The number of hydrogen-bond donors (Lipinski definition) is 2. The molecule has 6 nitrogen and oxygen atoms in total. The molecule has 0 atom stereocenters. The van der Waals surface area contributed by atoms with Crippen molar-refractivity contribution in [1.29, 1.82) is 0 Å². The summed E-state index contributed by atoms with van der Waals surface area (Å²) in [7, 11) is 0. The van der Waals surface area contributed by atoms with E-state index in [0.29, 0.717) is 23.0 Å². The van der Waals surface area contributed by atoms with Crippen molar-refractivity contribution in [2.24, 2.45) is 5.73 Å². The summed E-state index contributed by atoms with van der Waals surface area (Å²) in [6.45, 7) is 0. The third-order valence-electron chi connectivity index (χ3n) is 3.11. The Labute approximate surface area is 112 Å². The molecule has 2 rings (SSSR count). The molecule has 0 heterocycles. The first-order valence-electron chi connectivity index (χ1n) is 5.47. The van der Waals surface area contributed by atoms with Crippen molar-refractivity contribution in [2.75, 3.05) is 5.32 Å². The first-order chi connectivity index (χ1) is 8.42. The quantitative estimate of drug-likeness (QED) is 0.660. The molecule has 0 saturated heterocycles. The number of non-ortho nitro benzene ring substituents is 1. The Bertz CT molecular complexity index is 514. The first kappa shape index (κ1) is 13.0. The van der Waals surface area contributed by atoms with Gasteiger partial charge in [-0.1, -0.05) is 0 Å². The molecule has 1 aliphatic rings. The molecule has 0 aromatic heterocycles. The summed E-state index contributed by atoms with van der Waals surface area (Å²) in [5, 5.41) is 13.3. The molecule has 1 aromatic carbocycles. The number of nitro groups is 1. The second kappa shape index (κ2) is 4.66. The number of nitrogens with zero attached hydrogens (tertiary/aromatic N) is 1. The van der Waals surface area contributed by atoms with Crippen molar-refractivity contribution < 1.29 is 9.72 Å². The van der Waals surface area contributed by atoms with Crippen LogP contribution >= 0.6 is 15.9 Å². The molecule has 3 N–H and O–H groups in total. The maximum atomic E-state index is 11.9. The van der Waals surface area contributed by atoms with Crippen LogP contribution in [-0.2, 0) is 4.79 Å². The van der Waals surface area contributed by atoms with Gasteiger partial charge in [0.1, 0.15) is 0 Å². The normalized spacial score (nSPS) is 16.8. The number of rotatable bonds is 3. The van der Waals surface area contributed by atoms with Gasteiger partial charge in [0.05, 0.1) is 16.1 Å². The van der Waals surface area contributed by atoms with Gasteiger partial charge in [0.2, 0.25) is 5.91 Å². The van der Waals surface area contributed by atoms with Crippen LogP contribution in [0.25, 0.3) is 0 Å². The van der Waals surface area contributed by atoms with Gasteiger partial charge >= 0.3 is 0 Å². The minimum Gasteiger partial charge on any atom is -0.323 e. The molecule has 1 aliphatic carbocycles. The summed E-state index contributed by atoms with van der Waals surface area (Å²) in [5.74, 6) is -0.296. The fourth-order valence-electron chi connectivity index (χ4n) is 1.75. The number of carbonyl (C=O) groups is 1. The minimum absolute atomic E-state index is 0.0758.